The van der Waals surface area contributed by atoms with E-state index in [1.807, 2.05) is 36.9 Å². The van der Waals surface area contributed by atoms with Crippen LogP contribution in [0.4, 0.5) is 0 Å². The van der Waals surface area contributed by atoms with Crippen LogP contribution >= 0.6 is 11.8 Å². The van der Waals surface area contributed by atoms with Gasteiger partial charge in [-0.25, -0.2) is 0 Å². The largest absolute Gasteiger partial charge is 0.388 e. The van der Waals surface area contributed by atoms with Crippen LogP contribution in [0.25, 0.3) is 0 Å². The Morgan fingerprint density at radius 2 is 1.94 bits per heavy atom. The molecule has 0 saturated heterocycles. The molecule has 0 aliphatic heterocycles. The van der Waals surface area contributed by atoms with E-state index in [2.05, 4.69) is 19.9 Å². The normalized spacial score (nSPS) is 13.1. The molecule has 90 valence electrons. The van der Waals surface area contributed by atoms with Crippen molar-refractivity contribution in [1.82, 2.24) is 0 Å². The maximum atomic E-state index is 9.91. The first kappa shape index (κ1) is 13.6. The van der Waals surface area contributed by atoms with Gasteiger partial charge in [0.25, 0.3) is 0 Å². The topological polar surface area (TPSA) is 20.2 Å². The van der Waals surface area contributed by atoms with Crippen LogP contribution in [0.1, 0.15) is 45.3 Å². The first-order valence-corrected chi connectivity index (χ1v) is 7.03. The molecule has 16 heavy (non-hydrogen) atoms. The Labute approximate surface area is 103 Å². The second-order valence-corrected chi connectivity index (χ2v) is 5.63. The van der Waals surface area contributed by atoms with E-state index in [0.29, 0.717) is 0 Å². The molecule has 1 aromatic rings. The summed E-state index contributed by atoms with van der Waals surface area (Å²) in [7, 11) is 0. The van der Waals surface area contributed by atoms with E-state index in [4.69, 9.17) is 0 Å². The number of aliphatic hydroxyl groups is 1. The third kappa shape index (κ3) is 4.18. The number of hydrogen-bond donors (Lipinski definition) is 1. The number of thioether (sulfide) groups is 1. The average molecular weight is 238 g/mol. The first-order chi connectivity index (χ1) is 7.65. The molecule has 1 unspecified atom stereocenters. The van der Waals surface area contributed by atoms with Crippen molar-refractivity contribution in [2.24, 2.45) is 5.92 Å². The van der Waals surface area contributed by atoms with Gasteiger partial charge in [0, 0.05) is 4.90 Å². The molecule has 0 spiro atoms. The van der Waals surface area contributed by atoms with Gasteiger partial charge in [0.2, 0.25) is 0 Å². The van der Waals surface area contributed by atoms with Crippen molar-refractivity contribution in [3.8, 4) is 0 Å². The minimum atomic E-state index is -0.317. The van der Waals surface area contributed by atoms with Gasteiger partial charge in [0.15, 0.2) is 0 Å². The Bertz CT molecular complexity index is 309. The Morgan fingerprint density at radius 3 is 2.56 bits per heavy atom. The van der Waals surface area contributed by atoms with Crippen LogP contribution < -0.4 is 0 Å². The Morgan fingerprint density at radius 1 is 1.25 bits per heavy atom. The number of rotatable bonds is 6. The lowest BCUT2D eigenvalue weighted by Crippen LogP contribution is -1.98. The quantitative estimate of drug-likeness (QED) is 0.747. The van der Waals surface area contributed by atoms with Gasteiger partial charge in [-0.05, 0) is 36.1 Å². The van der Waals surface area contributed by atoms with Crippen molar-refractivity contribution in [2.75, 3.05) is 5.75 Å². The highest BCUT2D eigenvalue weighted by molar-refractivity contribution is 7.99. The Balaban J connectivity index is 2.64. The fraction of sp³-hybridized carbons (Fsp3) is 0.571. The van der Waals surface area contributed by atoms with E-state index in [-0.39, 0.29) is 6.10 Å². The van der Waals surface area contributed by atoms with Crippen molar-refractivity contribution in [3.63, 3.8) is 0 Å². The molecule has 1 nitrogen and oxygen atoms in total. The predicted molar refractivity (Wildman–Crippen MR) is 71.9 cm³/mol. The minimum Gasteiger partial charge on any atom is -0.388 e. The third-order valence-electron chi connectivity index (χ3n) is 2.62. The van der Waals surface area contributed by atoms with Crippen LogP contribution in [0.2, 0.25) is 0 Å². The summed E-state index contributed by atoms with van der Waals surface area (Å²) < 4.78 is 0. The summed E-state index contributed by atoms with van der Waals surface area (Å²) in [5, 5.41) is 9.91. The van der Waals surface area contributed by atoms with Crippen LogP contribution in [-0.4, -0.2) is 10.9 Å². The molecule has 0 amide bonds. The molecule has 0 fully saturated rings. The van der Waals surface area contributed by atoms with Gasteiger partial charge in [0.1, 0.15) is 0 Å². The zero-order valence-electron chi connectivity index (χ0n) is 10.4. The molecule has 0 heterocycles. The van der Waals surface area contributed by atoms with Gasteiger partial charge in [-0.2, -0.15) is 0 Å². The number of benzene rings is 1. The molecule has 1 N–H and O–H groups in total. The van der Waals surface area contributed by atoms with Crippen molar-refractivity contribution < 1.29 is 5.11 Å². The van der Waals surface area contributed by atoms with E-state index < -0.39 is 0 Å². The van der Waals surface area contributed by atoms with Crippen molar-refractivity contribution in [2.45, 2.75) is 44.6 Å². The molecule has 1 rings (SSSR count). The van der Waals surface area contributed by atoms with Gasteiger partial charge < -0.3 is 5.11 Å². The summed E-state index contributed by atoms with van der Waals surface area (Å²) in [5.41, 5.74) is 1.08. The summed E-state index contributed by atoms with van der Waals surface area (Å²) in [5.74, 6) is 1.88. The van der Waals surface area contributed by atoms with E-state index in [1.165, 1.54) is 11.3 Å². The van der Waals surface area contributed by atoms with Crippen LogP contribution in [-0.2, 0) is 0 Å². The van der Waals surface area contributed by atoms with Crippen LogP contribution in [0.15, 0.2) is 29.2 Å². The summed E-state index contributed by atoms with van der Waals surface area (Å²) >= 11 is 1.86. The molecule has 0 aromatic heterocycles. The zero-order chi connectivity index (χ0) is 12.0. The molecule has 0 aliphatic rings. The molecule has 0 saturated carbocycles. The van der Waals surface area contributed by atoms with Gasteiger partial charge in [-0.1, -0.05) is 39.0 Å². The lowest BCUT2D eigenvalue weighted by atomic mass is 10.1. The second-order valence-electron chi connectivity index (χ2n) is 4.49. The summed E-state index contributed by atoms with van der Waals surface area (Å²) in [6.07, 6.45) is 1.69. The van der Waals surface area contributed by atoms with E-state index in [0.717, 1.165) is 23.7 Å². The maximum Gasteiger partial charge on any atom is 0.0798 e. The molecule has 1 atom stereocenters. The fourth-order valence-electron chi connectivity index (χ4n) is 1.51. The summed E-state index contributed by atoms with van der Waals surface area (Å²) in [6, 6.07) is 8.19. The SMILES string of the molecule is CCC(O)c1ccccc1SCCC(C)C. The Kier molecular flexibility index (Phi) is 5.93. The second kappa shape index (κ2) is 6.97. The highest BCUT2D eigenvalue weighted by atomic mass is 32.2. The number of hydrogen-bond acceptors (Lipinski definition) is 2. The van der Waals surface area contributed by atoms with E-state index >= 15 is 0 Å². The van der Waals surface area contributed by atoms with Gasteiger partial charge in [0.05, 0.1) is 6.10 Å². The minimum absolute atomic E-state index is 0.317. The van der Waals surface area contributed by atoms with Crippen molar-refractivity contribution >= 4 is 11.8 Å². The molecule has 2 heteroatoms. The fourth-order valence-corrected chi connectivity index (χ4v) is 2.87. The highest BCUT2D eigenvalue weighted by Gasteiger charge is 2.10. The maximum absolute atomic E-state index is 9.91. The lowest BCUT2D eigenvalue weighted by Gasteiger charge is -2.13. The summed E-state index contributed by atoms with van der Waals surface area (Å²) in [6.45, 7) is 6.50. The van der Waals surface area contributed by atoms with Crippen LogP contribution in [0.3, 0.4) is 0 Å². The molecule has 0 radical (unpaired) electrons. The smallest absolute Gasteiger partial charge is 0.0798 e. The zero-order valence-corrected chi connectivity index (χ0v) is 11.3. The molecular formula is C14H22OS. The summed E-state index contributed by atoms with van der Waals surface area (Å²) in [4.78, 5) is 1.23. The van der Waals surface area contributed by atoms with Gasteiger partial charge in [-0.15, -0.1) is 11.8 Å². The monoisotopic (exact) mass is 238 g/mol. The standard InChI is InChI=1S/C14H22OS/c1-4-13(15)12-7-5-6-8-14(12)16-10-9-11(2)3/h5-8,11,13,15H,4,9-10H2,1-3H3. The van der Waals surface area contributed by atoms with E-state index in [1.54, 1.807) is 0 Å². The van der Waals surface area contributed by atoms with Gasteiger partial charge >= 0.3 is 0 Å². The van der Waals surface area contributed by atoms with Crippen LogP contribution in [0, 0.1) is 5.92 Å². The molecular weight excluding hydrogens is 216 g/mol. The lowest BCUT2D eigenvalue weighted by molar-refractivity contribution is 0.171. The van der Waals surface area contributed by atoms with Crippen LogP contribution in [0.5, 0.6) is 0 Å². The first-order valence-electron chi connectivity index (χ1n) is 6.05. The number of aliphatic hydroxyl groups excluding tert-OH is 1. The van der Waals surface area contributed by atoms with Gasteiger partial charge in [-0.3, -0.25) is 0 Å². The van der Waals surface area contributed by atoms with E-state index in [9.17, 15) is 5.11 Å². The van der Waals surface area contributed by atoms with Crippen molar-refractivity contribution in [3.05, 3.63) is 29.8 Å². The average Bonchev–Trinajstić information content (AvgIpc) is 2.28. The third-order valence-corrected chi connectivity index (χ3v) is 3.74. The predicted octanol–water partition coefficient (Wildman–Crippen LogP) is 4.27. The Hall–Kier alpha value is -0.470. The highest BCUT2D eigenvalue weighted by Crippen LogP contribution is 2.29. The molecule has 1 aromatic carbocycles. The molecule has 0 bridgehead atoms. The van der Waals surface area contributed by atoms with Crippen molar-refractivity contribution in [1.29, 1.82) is 0 Å². The molecule has 0 aliphatic carbocycles.